The molecule has 0 radical (unpaired) electrons. The second kappa shape index (κ2) is 11.8. The van der Waals surface area contributed by atoms with Gasteiger partial charge in [-0.25, -0.2) is 0 Å². The van der Waals surface area contributed by atoms with Gasteiger partial charge in [0, 0.05) is 23.3 Å². The van der Waals surface area contributed by atoms with Crippen molar-refractivity contribution in [3.8, 4) is 11.5 Å². The van der Waals surface area contributed by atoms with Crippen LogP contribution in [0.2, 0.25) is 0 Å². The Kier molecular flexibility index (Phi) is 9.42. The number of hydrogen-bond acceptors (Lipinski definition) is 5. The lowest BCUT2D eigenvalue weighted by molar-refractivity contribution is 0.103. The van der Waals surface area contributed by atoms with Crippen molar-refractivity contribution in [1.29, 1.82) is 0 Å². The first kappa shape index (κ1) is 22.4. The van der Waals surface area contributed by atoms with Crippen molar-refractivity contribution in [1.82, 2.24) is 0 Å². The third-order valence-electron chi connectivity index (χ3n) is 3.84. The van der Waals surface area contributed by atoms with Crippen molar-refractivity contribution in [3.05, 3.63) is 59.7 Å². The molecule has 0 heterocycles. The first-order valence-corrected chi connectivity index (χ1v) is 12.8. The van der Waals surface area contributed by atoms with Crippen molar-refractivity contribution in [2.75, 3.05) is 12.5 Å². The maximum atomic E-state index is 12.6. The number of rotatable bonds is 12. The number of benzene rings is 2. The van der Waals surface area contributed by atoms with Gasteiger partial charge in [-0.1, -0.05) is 0 Å². The van der Waals surface area contributed by atoms with Crippen LogP contribution in [0.3, 0.4) is 0 Å². The van der Waals surface area contributed by atoms with Crippen LogP contribution in [-0.2, 0) is 8.85 Å². The molecular weight excluding hydrogens is 388 g/mol. The van der Waals surface area contributed by atoms with Crippen LogP contribution in [0.4, 0.5) is 0 Å². The molecule has 0 unspecified atom stereocenters. The molecule has 2 rings (SSSR count). The van der Waals surface area contributed by atoms with Gasteiger partial charge in [-0.2, -0.15) is 0 Å². The fourth-order valence-electron chi connectivity index (χ4n) is 2.46. The molecular formula is C21H30O5Si2. The molecule has 0 aliphatic carbocycles. The van der Waals surface area contributed by atoms with Crippen LogP contribution < -0.4 is 9.47 Å². The van der Waals surface area contributed by atoms with Crippen LogP contribution >= 0.6 is 0 Å². The summed E-state index contributed by atoms with van der Waals surface area (Å²) in [6.45, 7) is 8.09. The molecule has 152 valence electrons. The number of carbonyl (C=O) groups excluding carboxylic acids is 1. The fraction of sp³-hybridized carbons (Fsp3) is 0.381. The Morgan fingerprint density at radius 2 is 1.07 bits per heavy atom. The van der Waals surface area contributed by atoms with E-state index >= 15 is 0 Å². The van der Waals surface area contributed by atoms with Crippen molar-refractivity contribution in [2.45, 2.75) is 39.9 Å². The summed E-state index contributed by atoms with van der Waals surface area (Å²) in [5.41, 5.74) is 1.27. The Labute approximate surface area is 172 Å². The summed E-state index contributed by atoms with van der Waals surface area (Å²) in [6.07, 6.45) is 1.75. The zero-order valence-electron chi connectivity index (χ0n) is 17.1. The topological polar surface area (TPSA) is 54.0 Å². The van der Waals surface area contributed by atoms with E-state index in [1.54, 1.807) is 24.3 Å². The normalized spacial score (nSPS) is 11.9. The molecule has 28 heavy (non-hydrogen) atoms. The molecule has 0 aromatic heterocycles. The summed E-state index contributed by atoms with van der Waals surface area (Å²) in [5.74, 6) is 1.49. The van der Waals surface area contributed by atoms with Gasteiger partial charge >= 0.3 is 0 Å². The van der Waals surface area contributed by atoms with E-state index in [-0.39, 0.29) is 18.0 Å². The van der Waals surface area contributed by atoms with Gasteiger partial charge < -0.3 is 18.3 Å². The zero-order valence-corrected chi connectivity index (χ0v) is 20.0. The highest BCUT2D eigenvalue weighted by molar-refractivity contribution is 6.27. The summed E-state index contributed by atoms with van der Waals surface area (Å²) in [6, 6.07) is 14.5. The number of carbonyl (C=O) groups is 1. The molecule has 0 saturated heterocycles. The quantitative estimate of drug-likeness (QED) is 0.301. The van der Waals surface area contributed by atoms with Crippen LogP contribution in [-0.4, -0.2) is 50.0 Å². The average molecular weight is 419 g/mol. The molecule has 5 nitrogen and oxygen atoms in total. The first-order chi connectivity index (χ1) is 13.5. The van der Waals surface area contributed by atoms with Gasteiger partial charge in [0.15, 0.2) is 5.78 Å². The van der Waals surface area contributed by atoms with E-state index in [1.807, 2.05) is 52.0 Å². The number of hydrogen-bond donors (Lipinski definition) is 0. The summed E-state index contributed by atoms with van der Waals surface area (Å²) in [7, 11) is -1.34. The van der Waals surface area contributed by atoms with Crippen molar-refractivity contribution >= 4 is 25.3 Å². The molecule has 0 N–H and O–H groups in total. The monoisotopic (exact) mass is 418 g/mol. The average Bonchev–Trinajstić information content (AvgIpc) is 2.69. The van der Waals surface area contributed by atoms with E-state index in [0.717, 1.165) is 11.5 Å². The van der Waals surface area contributed by atoms with Gasteiger partial charge in [-0.3, -0.25) is 4.79 Å². The SMILES string of the molecule is CC(C)O[SiH2]COc1ccc(C(=O)c2ccc(OC[SiH2]OC(C)C)cc2)cc1. The van der Waals surface area contributed by atoms with Gasteiger partial charge in [0.2, 0.25) is 19.5 Å². The van der Waals surface area contributed by atoms with Gasteiger partial charge in [-0.15, -0.1) is 0 Å². The largest absolute Gasteiger partial charge is 0.495 e. The predicted molar refractivity (Wildman–Crippen MR) is 117 cm³/mol. The lowest BCUT2D eigenvalue weighted by Crippen LogP contribution is -2.15. The summed E-state index contributed by atoms with van der Waals surface area (Å²) in [5, 5.41) is 0. The Morgan fingerprint density at radius 3 is 1.39 bits per heavy atom. The van der Waals surface area contributed by atoms with E-state index in [4.69, 9.17) is 18.3 Å². The number of ketones is 1. The van der Waals surface area contributed by atoms with Crippen LogP contribution in [0, 0.1) is 0 Å². The minimum atomic E-state index is -0.670. The maximum absolute atomic E-state index is 12.6. The van der Waals surface area contributed by atoms with Crippen molar-refractivity contribution in [3.63, 3.8) is 0 Å². The Hall–Kier alpha value is -1.94. The molecule has 0 aliphatic rings. The summed E-state index contributed by atoms with van der Waals surface area (Å²) >= 11 is 0. The van der Waals surface area contributed by atoms with Crippen LogP contribution in [0.25, 0.3) is 0 Å². The van der Waals surface area contributed by atoms with Crippen molar-refractivity contribution < 1.29 is 23.1 Å². The van der Waals surface area contributed by atoms with Gasteiger partial charge in [0.05, 0.1) is 12.5 Å². The van der Waals surface area contributed by atoms with Crippen molar-refractivity contribution in [2.24, 2.45) is 0 Å². The second-order valence-electron chi connectivity index (χ2n) is 6.91. The summed E-state index contributed by atoms with van der Waals surface area (Å²) in [4.78, 5) is 12.6. The molecule has 0 atom stereocenters. The number of ether oxygens (including phenoxy) is 2. The Bertz CT molecular complexity index is 653. The predicted octanol–water partition coefficient (Wildman–Crippen LogP) is 2.61. The molecule has 0 fully saturated rings. The Balaban J connectivity index is 1.84. The molecule has 0 saturated carbocycles. The highest BCUT2D eigenvalue weighted by Crippen LogP contribution is 2.18. The maximum Gasteiger partial charge on any atom is 0.201 e. The van der Waals surface area contributed by atoms with Gasteiger partial charge in [0.1, 0.15) is 11.5 Å². The third kappa shape index (κ3) is 7.97. The minimum absolute atomic E-state index is 0.0202. The van der Waals surface area contributed by atoms with E-state index in [0.29, 0.717) is 23.6 Å². The van der Waals surface area contributed by atoms with E-state index in [9.17, 15) is 4.79 Å². The minimum Gasteiger partial charge on any atom is -0.495 e. The molecule has 0 aliphatic heterocycles. The third-order valence-corrected chi connectivity index (χ3v) is 6.39. The molecule has 0 spiro atoms. The molecule has 7 heteroatoms. The van der Waals surface area contributed by atoms with Crippen LogP contribution in [0.1, 0.15) is 43.6 Å². The molecule has 0 amide bonds. The Morgan fingerprint density at radius 1 is 0.714 bits per heavy atom. The molecule has 0 bridgehead atoms. The van der Waals surface area contributed by atoms with E-state index in [2.05, 4.69) is 0 Å². The van der Waals surface area contributed by atoms with Crippen LogP contribution in [0.5, 0.6) is 11.5 Å². The van der Waals surface area contributed by atoms with E-state index in [1.165, 1.54) is 0 Å². The fourth-order valence-corrected chi connectivity index (χ4v) is 4.23. The van der Waals surface area contributed by atoms with Gasteiger partial charge in [0.25, 0.3) is 0 Å². The smallest absolute Gasteiger partial charge is 0.201 e. The zero-order chi connectivity index (χ0) is 20.4. The standard InChI is InChI=1S/C21H30O5Si2/c1-15(2)25-27-13-23-19-9-5-17(6-10-19)21(22)18-7-11-20(12-8-18)24-14-28-26-16(3)4/h5-12,15-16H,13-14,27-28H2,1-4H3. The van der Waals surface area contributed by atoms with E-state index < -0.39 is 19.5 Å². The lowest BCUT2D eigenvalue weighted by Gasteiger charge is -2.10. The van der Waals surface area contributed by atoms with Crippen LogP contribution in [0.15, 0.2) is 48.5 Å². The molecule has 2 aromatic carbocycles. The lowest BCUT2D eigenvalue weighted by atomic mass is 10.0. The second-order valence-corrected chi connectivity index (χ2v) is 9.21. The first-order valence-electron chi connectivity index (χ1n) is 9.69. The van der Waals surface area contributed by atoms with Gasteiger partial charge in [-0.05, 0) is 76.2 Å². The molecule has 2 aromatic rings. The highest BCUT2D eigenvalue weighted by atomic mass is 28.2. The summed E-state index contributed by atoms with van der Waals surface area (Å²) < 4.78 is 22.5. The highest BCUT2D eigenvalue weighted by Gasteiger charge is 2.09.